The predicted octanol–water partition coefficient (Wildman–Crippen LogP) is 8.23. The van der Waals surface area contributed by atoms with Gasteiger partial charge >= 0.3 is 0 Å². The quantitative estimate of drug-likeness (QED) is 0.156. The summed E-state index contributed by atoms with van der Waals surface area (Å²) in [5.41, 5.74) is 6.98. The summed E-state index contributed by atoms with van der Waals surface area (Å²) >= 11 is 0. The molecule has 46 heavy (non-hydrogen) atoms. The Labute approximate surface area is 267 Å². The van der Waals surface area contributed by atoms with Gasteiger partial charge in [0.2, 0.25) is 0 Å². The van der Waals surface area contributed by atoms with Crippen molar-refractivity contribution in [2.75, 3.05) is 21.3 Å². The Morgan fingerprint density at radius 2 is 0.783 bits per heavy atom. The molecule has 2 heterocycles. The van der Waals surface area contributed by atoms with Crippen LogP contribution in [-0.2, 0) is 11.1 Å². The largest absolute Gasteiger partial charge is 0.369 e. The van der Waals surface area contributed by atoms with Crippen LogP contribution in [0, 0.1) is 0 Å². The second kappa shape index (κ2) is 10.8. The van der Waals surface area contributed by atoms with Crippen molar-refractivity contribution in [1.29, 1.82) is 0 Å². The Hall–Kier alpha value is -6.14. The summed E-state index contributed by atoms with van der Waals surface area (Å²) in [6.07, 6.45) is 0. The van der Waals surface area contributed by atoms with E-state index in [1.165, 1.54) is 0 Å². The maximum absolute atomic E-state index is 13.2. The molecule has 0 saturated carbocycles. The fourth-order valence-electron chi connectivity index (χ4n) is 7.06. The normalized spacial score (nSPS) is 18.7. The van der Waals surface area contributed by atoms with Gasteiger partial charge in [0.1, 0.15) is 11.1 Å². The van der Waals surface area contributed by atoms with Crippen LogP contribution in [0.1, 0.15) is 43.0 Å². The Morgan fingerprint density at radius 1 is 0.435 bits per heavy atom. The zero-order valence-electron chi connectivity index (χ0n) is 24.8. The molecule has 0 unspecified atom stereocenters. The van der Waals surface area contributed by atoms with Gasteiger partial charge in [0.05, 0.1) is 0 Å². The molecule has 0 radical (unpaired) electrons. The molecule has 6 heteroatoms. The second-order valence-electron chi connectivity index (χ2n) is 11.6. The molecule has 0 aromatic heterocycles. The fourth-order valence-corrected chi connectivity index (χ4v) is 7.06. The second-order valence-corrected chi connectivity index (χ2v) is 11.6. The zero-order chi connectivity index (χ0) is 31.1. The average molecular weight is 599 g/mol. The van der Waals surface area contributed by atoms with Gasteiger partial charge in [-0.15, -0.1) is 0 Å². The zero-order valence-corrected chi connectivity index (χ0v) is 24.8. The van der Waals surface area contributed by atoms with E-state index in [4.69, 9.17) is 0 Å². The van der Waals surface area contributed by atoms with Crippen LogP contribution in [0.2, 0.25) is 0 Å². The Bertz CT molecular complexity index is 1930. The number of hydrogen-bond donors (Lipinski definition) is 4. The number of fused-ring (bicyclic) bond motifs is 5. The SMILES string of the molecule is O=C(Nc1ccc2c(c1)[C@@]1(c3ccccc3)Nc3ccc(NC(=O)c4ccccc4)cc3[C@]1(c1ccccc1)N2)c1ccccc1. The number of amides is 2. The molecule has 8 rings (SSSR count). The molecule has 2 aliphatic heterocycles. The average Bonchev–Trinajstić information content (AvgIpc) is 3.57. The van der Waals surface area contributed by atoms with E-state index in [0.717, 1.165) is 33.6 Å². The van der Waals surface area contributed by atoms with Gasteiger partial charge in [-0.1, -0.05) is 97.1 Å². The van der Waals surface area contributed by atoms with Crippen LogP contribution < -0.4 is 21.3 Å². The summed E-state index contributed by atoms with van der Waals surface area (Å²) in [4.78, 5) is 26.4. The Balaban J connectivity index is 1.30. The lowest BCUT2D eigenvalue weighted by atomic mass is 9.66. The Kier molecular flexibility index (Phi) is 6.43. The van der Waals surface area contributed by atoms with Crippen molar-refractivity contribution >= 4 is 34.6 Å². The lowest BCUT2D eigenvalue weighted by Gasteiger charge is -2.42. The first-order valence-corrected chi connectivity index (χ1v) is 15.3. The highest BCUT2D eigenvalue weighted by atomic mass is 16.2. The van der Waals surface area contributed by atoms with Gasteiger partial charge in [-0.25, -0.2) is 0 Å². The van der Waals surface area contributed by atoms with Crippen LogP contribution in [0.25, 0.3) is 0 Å². The minimum atomic E-state index is -0.803. The number of anilines is 4. The van der Waals surface area contributed by atoms with Gasteiger partial charge in [0.25, 0.3) is 11.8 Å². The van der Waals surface area contributed by atoms with Crippen molar-refractivity contribution in [3.63, 3.8) is 0 Å². The highest BCUT2D eigenvalue weighted by Crippen LogP contribution is 2.64. The number of carbonyl (C=O) groups is 2. The van der Waals surface area contributed by atoms with E-state index in [2.05, 4.69) is 81.9 Å². The summed E-state index contributed by atoms with van der Waals surface area (Å²) in [5, 5.41) is 14.1. The third-order valence-electron chi connectivity index (χ3n) is 9.06. The Morgan fingerprint density at radius 3 is 1.15 bits per heavy atom. The summed E-state index contributed by atoms with van der Waals surface area (Å²) in [6.45, 7) is 0. The van der Waals surface area contributed by atoms with Crippen molar-refractivity contribution in [1.82, 2.24) is 0 Å². The van der Waals surface area contributed by atoms with Crippen LogP contribution in [0.15, 0.2) is 158 Å². The van der Waals surface area contributed by atoms with E-state index in [0.29, 0.717) is 22.5 Å². The maximum atomic E-state index is 13.2. The van der Waals surface area contributed by atoms with E-state index in [9.17, 15) is 9.59 Å². The number of rotatable bonds is 6. The van der Waals surface area contributed by atoms with Crippen molar-refractivity contribution in [3.05, 3.63) is 191 Å². The summed E-state index contributed by atoms with van der Waals surface area (Å²) in [5.74, 6) is -0.341. The number of benzene rings is 6. The van der Waals surface area contributed by atoms with Crippen molar-refractivity contribution in [3.8, 4) is 0 Å². The first-order valence-electron chi connectivity index (χ1n) is 15.3. The van der Waals surface area contributed by atoms with Crippen molar-refractivity contribution in [2.24, 2.45) is 0 Å². The summed E-state index contributed by atoms with van der Waals surface area (Å²) in [6, 6.07) is 51.3. The predicted molar refractivity (Wildman–Crippen MR) is 183 cm³/mol. The first kappa shape index (κ1) is 27.4. The molecular weight excluding hydrogens is 568 g/mol. The first-order chi connectivity index (χ1) is 22.6. The summed E-state index contributed by atoms with van der Waals surface area (Å²) < 4.78 is 0. The molecule has 0 saturated heterocycles. The highest BCUT2D eigenvalue weighted by molar-refractivity contribution is 6.05. The number of carbonyl (C=O) groups excluding carboxylic acids is 2. The molecular formula is C40H30N4O2. The van der Waals surface area contributed by atoms with E-state index in [1.54, 1.807) is 24.3 Å². The third-order valence-corrected chi connectivity index (χ3v) is 9.06. The number of hydrogen-bond acceptors (Lipinski definition) is 4. The molecule has 2 amide bonds. The molecule has 4 N–H and O–H groups in total. The van der Waals surface area contributed by atoms with E-state index < -0.39 is 11.1 Å². The third kappa shape index (κ3) is 4.19. The highest BCUT2D eigenvalue weighted by Gasteiger charge is 2.65. The topological polar surface area (TPSA) is 82.3 Å². The van der Waals surface area contributed by atoms with Crippen LogP contribution in [0.3, 0.4) is 0 Å². The van der Waals surface area contributed by atoms with Gasteiger partial charge in [-0.3, -0.25) is 9.59 Å². The maximum Gasteiger partial charge on any atom is 0.255 e. The molecule has 6 nitrogen and oxygen atoms in total. The van der Waals surface area contributed by atoms with E-state index >= 15 is 0 Å². The van der Waals surface area contributed by atoms with Crippen molar-refractivity contribution in [2.45, 2.75) is 11.1 Å². The molecule has 0 bridgehead atoms. The van der Waals surface area contributed by atoms with Gasteiger partial charge in [-0.2, -0.15) is 0 Å². The van der Waals surface area contributed by atoms with Crippen LogP contribution in [0.5, 0.6) is 0 Å². The molecule has 0 aliphatic carbocycles. The molecule has 0 fully saturated rings. The molecule has 2 atom stereocenters. The fraction of sp³-hybridized carbons (Fsp3) is 0.0500. The van der Waals surface area contributed by atoms with E-state index in [-0.39, 0.29) is 11.8 Å². The number of nitrogens with one attached hydrogen (secondary N) is 4. The van der Waals surface area contributed by atoms with Gasteiger partial charge in [0.15, 0.2) is 0 Å². The van der Waals surface area contributed by atoms with E-state index in [1.807, 2.05) is 72.8 Å². The minimum absolute atomic E-state index is 0.170. The van der Waals surface area contributed by atoms with Gasteiger partial charge in [-0.05, 0) is 71.8 Å². The smallest absolute Gasteiger partial charge is 0.255 e. The van der Waals surface area contributed by atoms with Crippen LogP contribution in [-0.4, -0.2) is 11.8 Å². The molecule has 6 aromatic rings. The molecule has 0 spiro atoms. The summed E-state index contributed by atoms with van der Waals surface area (Å²) in [7, 11) is 0. The van der Waals surface area contributed by atoms with Gasteiger partial charge in [0, 0.05) is 45.0 Å². The van der Waals surface area contributed by atoms with Crippen LogP contribution >= 0.6 is 0 Å². The minimum Gasteiger partial charge on any atom is -0.369 e. The lowest BCUT2D eigenvalue weighted by molar-refractivity contribution is 0.101. The lowest BCUT2D eigenvalue weighted by Crippen LogP contribution is -2.51. The molecule has 6 aromatic carbocycles. The monoisotopic (exact) mass is 598 g/mol. The van der Waals surface area contributed by atoms with Crippen molar-refractivity contribution < 1.29 is 9.59 Å². The standard InChI is InChI=1S/C40H30N4O2/c45-37(27-13-5-1-6-14-27)41-31-21-23-35-33(25-31)39(29-17-9-3-10-18-29)40(43-35,30-19-11-4-12-20-30)34-26-32(22-24-36(34)44-39)42-38(46)28-15-7-2-8-16-28/h1-26,43-44H,(H,41,45)(H,42,46)/t39-,40+. The van der Waals surface area contributed by atoms with Crippen LogP contribution in [0.4, 0.5) is 22.7 Å². The van der Waals surface area contributed by atoms with Gasteiger partial charge < -0.3 is 21.3 Å². The molecule has 2 aliphatic rings. The molecule has 222 valence electrons.